The lowest BCUT2D eigenvalue weighted by atomic mass is 10.0. The summed E-state index contributed by atoms with van der Waals surface area (Å²) in [5, 5.41) is 5.06. The SMILES string of the molecule is CNCCCC(=O)c1cccc2ccncc12. The Morgan fingerprint density at radius 3 is 3.06 bits per heavy atom. The molecule has 0 bridgehead atoms. The van der Waals surface area contributed by atoms with Gasteiger partial charge in [-0.1, -0.05) is 18.2 Å². The summed E-state index contributed by atoms with van der Waals surface area (Å²) in [7, 11) is 1.90. The van der Waals surface area contributed by atoms with Crippen molar-refractivity contribution in [3.05, 3.63) is 42.2 Å². The van der Waals surface area contributed by atoms with Gasteiger partial charge in [0.25, 0.3) is 0 Å². The van der Waals surface area contributed by atoms with E-state index in [4.69, 9.17) is 0 Å². The molecule has 1 heterocycles. The average molecular weight is 228 g/mol. The molecule has 1 aromatic heterocycles. The summed E-state index contributed by atoms with van der Waals surface area (Å²) in [6.07, 6.45) is 4.96. The first-order valence-corrected chi connectivity index (χ1v) is 5.83. The van der Waals surface area contributed by atoms with Gasteiger partial charge in [0.1, 0.15) is 0 Å². The summed E-state index contributed by atoms with van der Waals surface area (Å²) < 4.78 is 0. The van der Waals surface area contributed by atoms with Crippen LogP contribution in [0.5, 0.6) is 0 Å². The minimum absolute atomic E-state index is 0.193. The maximum atomic E-state index is 12.1. The van der Waals surface area contributed by atoms with Gasteiger partial charge in [-0.25, -0.2) is 0 Å². The number of ketones is 1. The number of fused-ring (bicyclic) bond motifs is 1. The van der Waals surface area contributed by atoms with E-state index < -0.39 is 0 Å². The summed E-state index contributed by atoms with van der Waals surface area (Å²) in [5.74, 6) is 0.193. The van der Waals surface area contributed by atoms with E-state index in [1.54, 1.807) is 12.4 Å². The number of aromatic nitrogens is 1. The van der Waals surface area contributed by atoms with Crippen LogP contribution >= 0.6 is 0 Å². The fourth-order valence-electron chi connectivity index (χ4n) is 1.92. The van der Waals surface area contributed by atoms with Crippen molar-refractivity contribution in [2.45, 2.75) is 12.8 Å². The van der Waals surface area contributed by atoms with Crippen molar-refractivity contribution in [3.8, 4) is 0 Å². The van der Waals surface area contributed by atoms with Gasteiger partial charge >= 0.3 is 0 Å². The Morgan fingerprint density at radius 1 is 1.35 bits per heavy atom. The van der Waals surface area contributed by atoms with Gasteiger partial charge in [0.2, 0.25) is 0 Å². The number of carbonyl (C=O) groups is 1. The highest BCUT2D eigenvalue weighted by Gasteiger charge is 2.09. The topological polar surface area (TPSA) is 42.0 Å². The third kappa shape index (κ3) is 2.68. The van der Waals surface area contributed by atoms with Crippen LogP contribution in [0, 0.1) is 0 Å². The predicted molar refractivity (Wildman–Crippen MR) is 69.2 cm³/mol. The molecule has 0 aliphatic rings. The molecule has 88 valence electrons. The zero-order chi connectivity index (χ0) is 12.1. The highest BCUT2D eigenvalue weighted by atomic mass is 16.1. The number of carbonyl (C=O) groups excluding carboxylic acids is 1. The molecule has 2 rings (SSSR count). The highest BCUT2D eigenvalue weighted by molar-refractivity contribution is 6.07. The van der Waals surface area contributed by atoms with E-state index in [1.807, 2.05) is 31.3 Å². The number of hydrogen-bond donors (Lipinski definition) is 1. The van der Waals surface area contributed by atoms with Crippen molar-refractivity contribution in [3.63, 3.8) is 0 Å². The largest absolute Gasteiger partial charge is 0.320 e. The van der Waals surface area contributed by atoms with E-state index in [1.165, 1.54) is 0 Å². The van der Waals surface area contributed by atoms with E-state index in [0.717, 1.165) is 29.3 Å². The van der Waals surface area contributed by atoms with Crippen LogP contribution in [-0.2, 0) is 0 Å². The lowest BCUT2D eigenvalue weighted by Gasteiger charge is -2.05. The number of benzene rings is 1. The van der Waals surface area contributed by atoms with Crippen molar-refractivity contribution in [2.75, 3.05) is 13.6 Å². The van der Waals surface area contributed by atoms with Crippen LogP contribution < -0.4 is 5.32 Å². The van der Waals surface area contributed by atoms with Crippen LogP contribution in [0.25, 0.3) is 10.8 Å². The summed E-state index contributed by atoms with van der Waals surface area (Å²) >= 11 is 0. The number of nitrogens with zero attached hydrogens (tertiary/aromatic N) is 1. The molecule has 2 aromatic rings. The van der Waals surface area contributed by atoms with Gasteiger partial charge in [0, 0.05) is 29.8 Å². The Balaban J connectivity index is 2.26. The third-order valence-corrected chi connectivity index (χ3v) is 2.81. The van der Waals surface area contributed by atoms with Crippen molar-refractivity contribution in [1.82, 2.24) is 10.3 Å². The minimum atomic E-state index is 0.193. The molecule has 3 nitrogen and oxygen atoms in total. The minimum Gasteiger partial charge on any atom is -0.320 e. The first-order valence-electron chi connectivity index (χ1n) is 5.83. The molecule has 0 atom stereocenters. The van der Waals surface area contributed by atoms with Crippen LogP contribution in [0.3, 0.4) is 0 Å². The predicted octanol–water partition coefficient (Wildman–Crippen LogP) is 2.42. The van der Waals surface area contributed by atoms with Crippen LogP contribution in [-0.4, -0.2) is 24.4 Å². The molecule has 0 saturated heterocycles. The lowest BCUT2D eigenvalue weighted by Crippen LogP contribution is -2.10. The lowest BCUT2D eigenvalue weighted by molar-refractivity contribution is 0.0982. The second-order valence-corrected chi connectivity index (χ2v) is 4.03. The Morgan fingerprint density at radius 2 is 2.24 bits per heavy atom. The normalized spacial score (nSPS) is 10.6. The fourth-order valence-corrected chi connectivity index (χ4v) is 1.92. The molecule has 0 saturated carbocycles. The summed E-state index contributed by atoms with van der Waals surface area (Å²) in [6, 6.07) is 7.74. The average Bonchev–Trinajstić information content (AvgIpc) is 2.38. The Hall–Kier alpha value is -1.74. The molecule has 0 amide bonds. The van der Waals surface area contributed by atoms with Crippen molar-refractivity contribution < 1.29 is 4.79 Å². The molecular weight excluding hydrogens is 212 g/mol. The Kier molecular flexibility index (Phi) is 3.83. The molecule has 0 aliphatic carbocycles. The molecule has 0 aliphatic heterocycles. The van der Waals surface area contributed by atoms with Gasteiger partial charge < -0.3 is 5.32 Å². The van der Waals surface area contributed by atoms with E-state index in [0.29, 0.717) is 6.42 Å². The maximum Gasteiger partial charge on any atom is 0.163 e. The van der Waals surface area contributed by atoms with E-state index >= 15 is 0 Å². The number of rotatable bonds is 5. The van der Waals surface area contributed by atoms with Gasteiger partial charge in [0.15, 0.2) is 5.78 Å². The van der Waals surface area contributed by atoms with Crippen LogP contribution in [0.1, 0.15) is 23.2 Å². The summed E-state index contributed by atoms with van der Waals surface area (Å²) in [4.78, 5) is 16.2. The second kappa shape index (κ2) is 5.55. The molecule has 0 spiro atoms. The van der Waals surface area contributed by atoms with E-state index in [2.05, 4.69) is 10.3 Å². The monoisotopic (exact) mass is 228 g/mol. The molecule has 17 heavy (non-hydrogen) atoms. The molecule has 1 N–H and O–H groups in total. The van der Waals surface area contributed by atoms with Crippen molar-refractivity contribution >= 4 is 16.6 Å². The van der Waals surface area contributed by atoms with Crippen molar-refractivity contribution in [2.24, 2.45) is 0 Å². The van der Waals surface area contributed by atoms with Gasteiger partial charge in [-0.2, -0.15) is 0 Å². The summed E-state index contributed by atoms with van der Waals surface area (Å²) in [6.45, 7) is 0.870. The molecule has 0 fully saturated rings. The second-order valence-electron chi connectivity index (χ2n) is 4.03. The first kappa shape index (κ1) is 11.7. The summed E-state index contributed by atoms with van der Waals surface area (Å²) in [5.41, 5.74) is 0.784. The molecule has 0 unspecified atom stereocenters. The van der Waals surface area contributed by atoms with Crippen molar-refractivity contribution in [1.29, 1.82) is 0 Å². The van der Waals surface area contributed by atoms with Crippen LogP contribution in [0.4, 0.5) is 0 Å². The number of nitrogens with one attached hydrogen (secondary N) is 1. The van der Waals surface area contributed by atoms with Crippen LogP contribution in [0.2, 0.25) is 0 Å². The number of Topliss-reactive ketones (excluding diaryl/α,β-unsaturated/α-hetero) is 1. The molecular formula is C14H16N2O. The Labute approximate surface area is 101 Å². The molecule has 1 aromatic carbocycles. The zero-order valence-electron chi connectivity index (χ0n) is 9.94. The first-order chi connectivity index (χ1) is 8.33. The number of pyridine rings is 1. The molecule has 0 radical (unpaired) electrons. The van der Waals surface area contributed by atoms with Crippen LogP contribution in [0.15, 0.2) is 36.7 Å². The zero-order valence-corrected chi connectivity index (χ0v) is 9.94. The Bertz CT molecular complexity index is 517. The van der Waals surface area contributed by atoms with Gasteiger partial charge in [-0.05, 0) is 31.5 Å². The van der Waals surface area contributed by atoms with Gasteiger partial charge in [-0.3, -0.25) is 9.78 Å². The maximum absolute atomic E-state index is 12.1. The van der Waals surface area contributed by atoms with Gasteiger partial charge in [-0.15, -0.1) is 0 Å². The van der Waals surface area contributed by atoms with E-state index in [9.17, 15) is 4.79 Å². The quantitative estimate of drug-likeness (QED) is 0.631. The molecule has 3 heteroatoms. The van der Waals surface area contributed by atoms with Gasteiger partial charge in [0.05, 0.1) is 0 Å². The fraction of sp³-hybridized carbons (Fsp3) is 0.286. The smallest absolute Gasteiger partial charge is 0.163 e. The standard InChI is InChI=1S/C14H16N2O/c1-15-8-3-6-14(17)12-5-2-4-11-7-9-16-10-13(11)12/h2,4-5,7,9-10,15H,3,6,8H2,1H3. The van der Waals surface area contributed by atoms with E-state index in [-0.39, 0.29) is 5.78 Å². The third-order valence-electron chi connectivity index (χ3n) is 2.81. The number of hydrogen-bond acceptors (Lipinski definition) is 3. The highest BCUT2D eigenvalue weighted by Crippen LogP contribution is 2.19.